The van der Waals surface area contributed by atoms with Crippen molar-refractivity contribution in [3.05, 3.63) is 48.3 Å². The lowest BCUT2D eigenvalue weighted by atomic mass is 10.1. The number of esters is 1. The molecule has 196 valence electrons. The number of nitrogens with one attached hydrogen (secondary N) is 1. The van der Waals surface area contributed by atoms with E-state index in [0.29, 0.717) is 42.4 Å². The molecule has 14 heteroatoms. The van der Waals surface area contributed by atoms with Gasteiger partial charge in [0.25, 0.3) is 10.0 Å². The molecule has 4 aromatic rings. The summed E-state index contributed by atoms with van der Waals surface area (Å²) in [5.41, 5.74) is 2.10. The van der Waals surface area contributed by atoms with Crippen molar-refractivity contribution in [3.8, 4) is 6.01 Å². The first-order valence-electron chi connectivity index (χ1n) is 11.6. The lowest BCUT2D eigenvalue weighted by Crippen LogP contribution is -2.48. The molecule has 3 aromatic heterocycles. The van der Waals surface area contributed by atoms with Gasteiger partial charge in [-0.25, -0.2) is 35.2 Å². The molecule has 1 N–H and O–H groups in total. The summed E-state index contributed by atoms with van der Waals surface area (Å²) in [6.07, 6.45) is 5.05. The number of aromatic nitrogens is 4. The number of pyridine rings is 1. The van der Waals surface area contributed by atoms with Gasteiger partial charge in [-0.2, -0.15) is 4.98 Å². The summed E-state index contributed by atoms with van der Waals surface area (Å²) in [5, 5.41) is 2.41. The number of carbonyl (C=O) groups is 1. The number of piperidine rings is 1. The van der Waals surface area contributed by atoms with Gasteiger partial charge in [-0.05, 0) is 38.0 Å². The van der Waals surface area contributed by atoms with Gasteiger partial charge in [-0.3, -0.25) is 4.79 Å². The molecule has 0 saturated carbocycles. The zero-order valence-corrected chi connectivity index (χ0v) is 22.1. The van der Waals surface area contributed by atoms with E-state index in [4.69, 9.17) is 4.74 Å². The number of imidazole rings is 1. The monoisotopic (exact) mass is 546 g/mol. The highest BCUT2D eigenvalue weighted by Gasteiger charge is 2.28. The molecule has 0 bridgehead atoms. The van der Waals surface area contributed by atoms with Crippen LogP contribution < -0.4 is 14.5 Å². The molecule has 12 nitrogen and oxygen atoms in total. The van der Waals surface area contributed by atoms with Gasteiger partial charge in [0.05, 0.1) is 17.3 Å². The van der Waals surface area contributed by atoms with Crippen LogP contribution in [0.25, 0.3) is 22.1 Å². The fourth-order valence-corrected chi connectivity index (χ4v) is 6.69. The number of fused-ring (bicyclic) bond motifs is 3. The van der Waals surface area contributed by atoms with Crippen molar-refractivity contribution in [2.24, 2.45) is 0 Å². The molecule has 1 fully saturated rings. The number of benzene rings is 1. The molecule has 37 heavy (non-hydrogen) atoms. The summed E-state index contributed by atoms with van der Waals surface area (Å²) in [6.45, 7) is 4.03. The number of ether oxygens (including phenoxy) is 1. The second kappa shape index (κ2) is 9.11. The molecular weight excluding hydrogens is 520 g/mol. The Bertz CT molecular complexity index is 1720. The maximum absolute atomic E-state index is 13.4. The molecule has 0 aliphatic carbocycles. The van der Waals surface area contributed by atoms with E-state index in [0.717, 1.165) is 15.8 Å². The van der Waals surface area contributed by atoms with Gasteiger partial charge >= 0.3 is 12.0 Å². The van der Waals surface area contributed by atoms with Crippen LogP contribution in [0.4, 0.5) is 0 Å². The molecule has 1 saturated heterocycles. The number of sulfonamides is 1. The first-order chi connectivity index (χ1) is 17.4. The highest BCUT2D eigenvalue weighted by molar-refractivity contribution is 7.90. The van der Waals surface area contributed by atoms with Crippen molar-refractivity contribution in [3.63, 3.8) is 0 Å². The number of hydrogen-bond acceptors (Lipinski definition) is 9. The van der Waals surface area contributed by atoms with Crippen LogP contribution in [0, 0.1) is 6.92 Å². The van der Waals surface area contributed by atoms with E-state index in [-0.39, 0.29) is 22.6 Å². The minimum absolute atomic E-state index is 0.0282. The average molecular weight is 547 g/mol. The Hall–Kier alpha value is -3.49. The molecule has 0 spiro atoms. The van der Waals surface area contributed by atoms with Crippen LogP contribution in [0.1, 0.15) is 25.3 Å². The van der Waals surface area contributed by atoms with Crippen LogP contribution in [0.5, 0.6) is 6.01 Å². The van der Waals surface area contributed by atoms with Crippen LogP contribution in [0.15, 0.2) is 47.6 Å². The van der Waals surface area contributed by atoms with E-state index >= 15 is 0 Å². The third kappa shape index (κ3) is 4.79. The van der Waals surface area contributed by atoms with E-state index in [1.807, 2.05) is 11.9 Å². The Morgan fingerprint density at radius 3 is 2.38 bits per heavy atom. The van der Waals surface area contributed by atoms with Crippen molar-refractivity contribution in [2.75, 3.05) is 24.4 Å². The molecule has 5 rings (SSSR count). The number of nitrogens with zero attached hydrogens (tertiary/aromatic N) is 5. The van der Waals surface area contributed by atoms with E-state index < -0.39 is 26.0 Å². The summed E-state index contributed by atoms with van der Waals surface area (Å²) >= 11 is 0. The quantitative estimate of drug-likeness (QED) is 0.356. The van der Waals surface area contributed by atoms with Crippen LogP contribution in [-0.4, -0.2) is 66.8 Å². The maximum atomic E-state index is 13.4. The molecule has 1 aliphatic rings. The average Bonchev–Trinajstić information content (AvgIpc) is 3.40. The molecule has 0 unspecified atom stereocenters. The summed E-state index contributed by atoms with van der Waals surface area (Å²) in [5.74, 6) is -0.561. The summed E-state index contributed by atoms with van der Waals surface area (Å²) < 4.78 is 60.9. The van der Waals surface area contributed by atoms with Gasteiger partial charge in [-0.15, -0.1) is 0 Å². The highest BCUT2D eigenvalue weighted by atomic mass is 32.2. The van der Waals surface area contributed by atoms with Crippen molar-refractivity contribution >= 4 is 48.1 Å². The first kappa shape index (κ1) is 25.2. The molecular formula is C23H26N6O6S2. The van der Waals surface area contributed by atoms with Gasteiger partial charge in [0.15, 0.2) is 5.65 Å². The predicted molar refractivity (Wildman–Crippen MR) is 137 cm³/mol. The number of rotatable bonds is 6. The fraction of sp³-hybridized carbons (Fsp3) is 0.348. The Kier molecular flexibility index (Phi) is 6.20. The maximum Gasteiger partial charge on any atom is 0.324 e. The highest BCUT2D eigenvalue weighted by Crippen LogP contribution is 2.31. The summed E-state index contributed by atoms with van der Waals surface area (Å²) in [4.78, 5) is 20.8. The molecule has 1 aromatic carbocycles. The second-order valence-electron chi connectivity index (χ2n) is 9.08. The van der Waals surface area contributed by atoms with E-state index in [9.17, 15) is 21.6 Å². The number of hydrogen-bond donors (Lipinski definition) is 1. The zero-order valence-electron chi connectivity index (χ0n) is 20.4. The summed E-state index contributed by atoms with van der Waals surface area (Å²) in [6, 6.07) is 8.00. The SMILES string of the molecule is CC(=O)Oc1nc2cnc3c(ccn3S(=O)(=O)c3ccc(C)cc3)c2n1N1CCC(NS(C)(=O)=O)CC1. The normalized spacial score (nSPS) is 15.5. The van der Waals surface area contributed by atoms with Crippen LogP contribution in [0.3, 0.4) is 0 Å². The Morgan fingerprint density at radius 1 is 1.08 bits per heavy atom. The largest absolute Gasteiger partial charge is 0.391 e. The molecule has 0 atom stereocenters. The van der Waals surface area contributed by atoms with Crippen molar-refractivity contribution in [1.82, 2.24) is 23.3 Å². The molecule has 4 heterocycles. The Morgan fingerprint density at radius 2 is 1.76 bits per heavy atom. The number of aryl methyl sites for hydroxylation is 1. The second-order valence-corrected chi connectivity index (χ2v) is 12.7. The standard InChI is InChI=1S/C23H26N6O6S2/c1-15-4-6-18(7-5-15)37(33,34)28-13-10-19-21-20(14-24-22(19)28)25-23(35-16(2)30)29(21)27-11-8-17(9-12-27)26-36(3,31)32/h4-7,10,13-14,17,26H,8-9,11-12H2,1-3H3. The lowest BCUT2D eigenvalue weighted by molar-refractivity contribution is -0.132. The first-order valence-corrected chi connectivity index (χ1v) is 14.9. The van der Waals surface area contributed by atoms with Crippen LogP contribution in [-0.2, 0) is 24.8 Å². The molecule has 1 aliphatic heterocycles. The van der Waals surface area contributed by atoms with E-state index in [2.05, 4.69) is 14.7 Å². The third-order valence-corrected chi connectivity index (χ3v) is 8.63. The minimum atomic E-state index is -3.92. The predicted octanol–water partition coefficient (Wildman–Crippen LogP) is 1.51. The Balaban J connectivity index is 1.62. The number of carbonyl (C=O) groups excluding carboxylic acids is 1. The van der Waals surface area contributed by atoms with Gasteiger partial charge in [-0.1, -0.05) is 17.7 Å². The topological polar surface area (TPSA) is 145 Å². The lowest BCUT2D eigenvalue weighted by Gasteiger charge is -2.34. The Labute approximate surface area is 213 Å². The van der Waals surface area contributed by atoms with Crippen LogP contribution >= 0.6 is 0 Å². The van der Waals surface area contributed by atoms with Crippen molar-refractivity contribution < 1.29 is 26.4 Å². The fourth-order valence-electron chi connectivity index (χ4n) is 4.55. The van der Waals surface area contributed by atoms with E-state index in [1.165, 1.54) is 19.3 Å². The van der Waals surface area contributed by atoms with Crippen molar-refractivity contribution in [2.45, 2.75) is 37.6 Å². The minimum Gasteiger partial charge on any atom is -0.391 e. The van der Waals surface area contributed by atoms with Gasteiger partial charge in [0.2, 0.25) is 10.0 Å². The smallest absolute Gasteiger partial charge is 0.324 e. The van der Waals surface area contributed by atoms with E-state index in [1.54, 1.807) is 35.0 Å². The van der Waals surface area contributed by atoms with Gasteiger partial charge < -0.3 is 9.75 Å². The van der Waals surface area contributed by atoms with Gasteiger partial charge in [0, 0.05) is 37.6 Å². The third-order valence-electron chi connectivity index (χ3n) is 6.19. The van der Waals surface area contributed by atoms with Gasteiger partial charge in [0.1, 0.15) is 11.0 Å². The van der Waals surface area contributed by atoms with Crippen LogP contribution in [0.2, 0.25) is 0 Å². The van der Waals surface area contributed by atoms with Crippen molar-refractivity contribution in [1.29, 1.82) is 0 Å². The zero-order chi connectivity index (χ0) is 26.5. The summed E-state index contributed by atoms with van der Waals surface area (Å²) in [7, 11) is -7.27. The molecule has 0 radical (unpaired) electrons. The molecule has 0 amide bonds.